The van der Waals surface area contributed by atoms with E-state index in [2.05, 4.69) is 15.5 Å². The van der Waals surface area contributed by atoms with Crippen molar-refractivity contribution in [2.24, 2.45) is 0 Å². The molecule has 0 aromatic carbocycles. The van der Waals surface area contributed by atoms with Crippen molar-refractivity contribution in [3.05, 3.63) is 28.3 Å². The highest BCUT2D eigenvalue weighted by Crippen LogP contribution is 2.15. The standard InChI is InChI=1S/C10H9N3O3S2/c1-6-12-13-10(16-6)18-5-8(14)11-9(15)7-3-2-4-17-7/h2-4H,5H2,1H3,(H,11,14,15). The SMILES string of the molecule is Cc1nnc(SCC(=O)NC(=O)c2cccs2)o1. The summed E-state index contributed by atoms with van der Waals surface area (Å²) in [6.45, 7) is 1.66. The van der Waals surface area contributed by atoms with Crippen molar-refractivity contribution in [3.63, 3.8) is 0 Å². The number of imide groups is 1. The molecule has 2 aromatic heterocycles. The Balaban J connectivity index is 1.80. The van der Waals surface area contributed by atoms with Crippen LogP contribution in [0, 0.1) is 6.92 Å². The van der Waals surface area contributed by atoms with E-state index in [-0.39, 0.29) is 5.75 Å². The molecule has 0 bridgehead atoms. The molecule has 0 aliphatic heterocycles. The lowest BCUT2D eigenvalue weighted by atomic mass is 10.4. The predicted octanol–water partition coefficient (Wildman–Crippen LogP) is 1.49. The number of thioether (sulfide) groups is 1. The van der Waals surface area contributed by atoms with E-state index in [0.717, 1.165) is 11.8 Å². The second-order valence-electron chi connectivity index (χ2n) is 3.23. The Morgan fingerprint density at radius 2 is 2.33 bits per heavy atom. The van der Waals surface area contributed by atoms with E-state index in [0.29, 0.717) is 16.0 Å². The van der Waals surface area contributed by atoms with E-state index in [1.807, 2.05) is 0 Å². The number of amides is 2. The molecular formula is C10H9N3O3S2. The number of nitrogens with one attached hydrogen (secondary N) is 1. The summed E-state index contributed by atoms with van der Waals surface area (Å²) in [5.74, 6) is -0.294. The number of aryl methyl sites for hydroxylation is 1. The summed E-state index contributed by atoms with van der Waals surface area (Å²) in [5, 5.41) is 11.7. The van der Waals surface area contributed by atoms with Gasteiger partial charge in [0.2, 0.25) is 11.8 Å². The summed E-state index contributed by atoms with van der Waals surface area (Å²) in [4.78, 5) is 23.5. The van der Waals surface area contributed by atoms with Gasteiger partial charge in [-0.3, -0.25) is 14.9 Å². The highest BCUT2D eigenvalue weighted by atomic mass is 32.2. The number of carbonyl (C=O) groups is 2. The van der Waals surface area contributed by atoms with Crippen LogP contribution in [0.4, 0.5) is 0 Å². The fourth-order valence-corrected chi connectivity index (χ4v) is 2.32. The van der Waals surface area contributed by atoms with Crippen LogP contribution in [0.5, 0.6) is 0 Å². The van der Waals surface area contributed by atoms with Gasteiger partial charge in [0, 0.05) is 6.92 Å². The zero-order valence-corrected chi connectivity index (χ0v) is 11.0. The smallest absolute Gasteiger partial charge is 0.277 e. The topological polar surface area (TPSA) is 85.1 Å². The highest BCUT2D eigenvalue weighted by molar-refractivity contribution is 7.99. The average Bonchev–Trinajstić information content (AvgIpc) is 2.97. The molecule has 18 heavy (non-hydrogen) atoms. The van der Waals surface area contributed by atoms with E-state index in [1.54, 1.807) is 24.4 Å². The third kappa shape index (κ3) is 3.41. The van der Waals surface area contributed by atoms with Gasteiger partial charge in [-0.15, -0.1) is 21.5 Å². The van der Waals surface area contributed by atoms with Crippen LogP contribution in [0.15, 0.2) is 27.2 Å². The molecule has 2 heterocycles. The van der Waals surface area contributed by atoms with Crippen LogP contribution >= 0.6 is 23.1 Å². The Hall–Kier alpha value is -1.67. The summed E-state index contributed by atoms with van der Waals surface area (Å²) in [5.41, 5.74) is 0. The molecule has 0 radical (unpaired) electrons. The van der Waals surface area contributed by atoms with Crippen LogP contribution in [0.3, 0.4) is 0 Å². The minimum atomic E-state index is -0.394. The van der Waals surface area contributed by atoms with Crippen molar-refractivity contribution < 1.29 is 14.0 Å². The molecule has 8 heteroatoms. The molecule has 0 saturated carbocycles. The molecule has 2 rings (SSSR count). The fraction of sp³-hybridized carbons (Fsp3) is 0.200. The molecule has 2 aromatic rings. The van der Waals surface area contributed by atoms with Gasteiger partial charge in [-0.1, -0.05) is 17.8 Å². The number of hydrogen-bond acceptors (Lipinski definition) is 7. The van der Waals surface area contributed by atoms with Gasteiger partial charge in [-0.05, 0) is 11.4 Å². The third-order valence-corrected chi connectivity index (χ3v) is 3.52. The maximum atomic E-state index is 11.5. The predicted molar refractivity (Wildman–Crippen MR) is 66.6 cm³/mol. The van der Waals surface area contributed by atoms with Gasteiger partial charge in [-0.2, -0.15) is 0 Å². The van der Waals surface area contributed by atoms with E-state index in [1.165, 1.54) is 11.3 Å². The quantitative estimate of drug-likeness (QED) is 0.856. The Labute approximate surface area is 111 Å². The van der Waals surface area contributed by atoms with Crippen LogP contribution in [0.25, 0.3) is 0 Å². The molecule has 0 fully saturated rings. The van der Waals surface area contributed by atoms with E-state index in [9.17, 15) is 9.59 Å². The zero-order chi connectivity index (χ0) is 13.0. The summed E-state index contributed by atoms with van der Waals surface area (Å²) >= 11 is 2.37. The Bertz CT molecular complexity index is 550. The van der Waals surface area contributed by atoms with Crippen LogP contribution < -0.4 is 5.32 Å². The van der Waals surface area contributed by atoms with Crippen LogP contribution in [-0.4, -0.2) is 27.8 Å². The van der Waals surface area contributed by atoms with Crippen molar-refractivity contribution in [1.29, 1.82) is 0 Å². The van der Waals surface area contributed by atoms with Crippen molar-refractivity contribution in [1.82, 2.24) is 15.5 Å². The van der Waals surface area contributed by atoms with Crippen LogP contribution in [0.1, 0.15) is 15.6 Å². The molecule has 0 spiro atoms. The highest BCUT2D eigenvalue weighted by Gasteiger charge is 2.12. The zero-order valence-electron chi connectivity index (χ0n) is 9.37. The lowest BCUT2D eigenvalue weighted by Gasteiger charge is -2.00. The van der Waals surface area contributed by atoms with Crippen molar-refractivity contribution in [3.8, 4) is 0 Å². The Kier molecular flexibility index (Phi) is 4.11. The summed E-state index contributed by atoms with van der Waals surface area (Å²) in [6, 6.07) is 3.40. The number of rotatable bonds is 4. The van der Waals surface area contributed by atoms with E-state index >= 15 is 0 Å². The summed E-state index contributed by atoms with van der Waals surface area (Å²) < 4.78 is 5.09. The second-order valence-corrected chi connectivity index (χ2v) is 5.10. The average molecular weight is 283 g/mol. The molecule has 1 N–H and O–H groups in total. The van der Waals surface area contributed by atoms with Crippen molar-refractivity contribution >= 4 is 34.9 Å². The Morgan fingerprint density at radius 3 is 2.94 bits per heavy atom. The number of carbonyl (C=O) groups excluding carboxylic acids is 2. The van der Waals surface area contributed by atoms with Gasteiger partial charge >= 0.3 is 0 Å². The largest absolute Gasteiger partial charge is 0.416 e. The molecule has 0 aliphatic rings. The first kappa shape index (κ1) is 12.8. The summed E-state index contributed by atoms with van der Waals surface area (Å²) in [6.07, 6.45) is 0. The molecule has 0 unspecified atom stereocenters. The van der Waals surface area contributed by atoms with Gasteiger partial charge in [0.1, 0.15) is 0 Å². The van der Waals surface area contributed by atoms with Gasteiger partial charge in [0.05, 0.1) is 10.6 Å². The molecule has 0 saturated heterocycles. The minimum absolute atomic E-state index is 0.0543. The van der Waals surface area contributed by atoms with Gasteiger partial charge in [-0.25, -0.2) is 0 Å². The van der Waals surface area contributed by atoms with Gasteiger partial charge in [0.15, 0.2) is 0 Å². The molecule has 6 nitrogen and oxygen atoms in total. The van der Waals surface area contributed by atoms with Crippen molar-refractivity contribution in [2.75, 3.05) is 5.75 Å². The minimum Gasteiger partial charge on any atom is -0.416 e. The number of nitrogens with zero attached hydrogens (tertiary/aromatic N) is 2. The van der Waals surface area contributed by atoms with E-state index in [4.69, 9.17) is 4.42 Å². The lowest BCUT2D eigenvalue weighted by Crippen LogP contribution is -2.31. The maximum Gasteiger partial charge on any atom is 0.277 e. The number of thiophene rings is 1. The summed E-state index contributed by atoms with van der Waals surface area (Å²) in [7, 11) is 0. The van der Waals surface area contributed by atoms with Crippen LogP contribution in [-0.2, 0) is 4.79 Å². The van der Waals surface area contributed by atoms with Crippen molar-refractivity contribution in [2.45, 2.75) is 12.1 Å². The van der Waals surface area contributed by atoms with E-state index < -0.39 is 11.8 Å². The first-order valence-corrected chi connectivity index (χ1v) is 6.82. The van der Waals surface area contributed by atoms with Gasteiger partial charge < -0.3 is 4.42 Å². The normalized spacial score (nSPS) is 10.3. The first-order chi connectivity index (χ1) is 8.65. The molecule has 94 valence electrons. The molecule has 0 aliphatic carbocycles. The monoisotopic (exact) mass is 283 g/mol. The number of hydrogen-bond donors (Lipinski definition) is 1. The first-order valence-electron chi connectivity index (χ1n) is 4.96. The fourth-order valence-electron chi connectivity index (χ4n) is 1.10. The third-order valence-electron chi connectivity index (χ3n) is 1.83. The van der Waals surface area contributed by atoms with Gasteiger partial charge in [0.25, 0.3) is 11.1 Å². The Morgan fingerprint density at radius 1 is 1.50 bits per heavy atom. The molecular weight excluding hydrogens is 274 g/mol. The number of aromatic nitrogens is 2. The lowest BCUT2D eigenvalue weighted by molar-refractivity contribution is -0.117. The molecule has 2 amide bonds. The maximum absolute atomic E-state index is 11.5. The second kappa shape index (κ2) is 5.78. The van der Waals surface area contributed by atoms with Crippen LogP contribution in [0.2, 0.25) is 0 Å². The molecule has 0 atom stereocenters.